The molecule has 0 spiro atoms. The van der Waals surface area contributed by atoms with Crippen molar-refractivity contribution in [2.75, 3.05) is 13.2 Å². The van der Waals surface area contributed by atoms with Gasteiger partial charge in [0.1, 0.15) is 19.0 Å². The zero-order valence-corrected chi connectivity index (χ0v) is 18.7. The molecule has 1 aliphatic heterocycles. The number of benzene rings is 2. The van der Waals surface area contributed by atoms with E-state index < -0.39 is 0 Å². The van der Waals surface area contributed by atoms with Gasteiger partial charge in [-0.15, -0.1) is 0 Å². The van der Waals surface area contributed by atoms with E-state index in [1.54, 1.807) is 6.26 Å². The Morgan fingerprint density at radius 1 is 1.00 bits per heavy atom. The van der Waals surface area contributed by atoms with Gasteiger partial charge in [0.05, 0.1) is 24.9 Å². The Bertz CT molecular complexity index is 1320. The number of aromatic nitrogens is 1. The molecule has 0 fully saturated rings. The third-order valence-corrected chi connectivity index (χ3v) is 5.85. The van der Waals surface area contributed by atoms with Crippen molar-refractivity contribution in [1.29, 1.82) is 0 Å². The molecule has 4 aromatic rings. The van der Waals surface area contributed by atoms with Gasteiger partial charge in [0, 0.05) is 23.6 Å². The predicted molar refractivity (Wildman–Crippen MR) is 129 cm³/mol. The number of hydrogen-bond donors (Lipinski definition) is 2. The van der Waals surface area contributed by atoms with Crippen LogP contribution in [0.4, 0.5) is 0 Å². The minimum Gasteiger partial charge on any atom is -0.486 e. The van der Waals surface area contributed by atoms with Gasteiger partial charge in [-0.25, -0.2) is 0 Å². The van der Waals surface area contributed by atoms with Crippen molar-refractivity contribution in [3.05, 3.63) is 94.2 Å². The zero-order valence-electron chi connectivity index (χ0n) is 17.9. The fourth-order valence-electron chi connectivity index (χ4n) is 3.79. The number of rotatable bonds is 6. The normalized spacial score (nSPS) is 12.5. The maximum absolute atomic E-state index is 12.9. The molecule has 1 aliphatic rings. The van der Waals surface area contributed by atoms with Crippen molar-refractivity contribution in [2.24, 2.45) is 0 Å². The molecule has 8 heteroatoms. The molecule has 0 saturated carbocycles. The number of aromatic amines is 1. The van der Waals surface area contributed by atoms with Gasteiger partial charge in [-0.3, -0.25) is 4.79 Å². The van der Waals surface area contributed by atoms with Gasteiger partial charge in [0.2, 0.25) is 0 Å². The van der Waals surface area contributed by atoms with E-state index in [0.717, 1.165) is 16.7 Å². The quantitative estimate of drug-likeness (QED) is 0.421. The van der Waals surface area contributed by atoms with Crippen molar-refractivity contribution < 1.29 is 13.9 Å². The topological polar surface area (TPSA) is 79.7 Å². The Hall–Kier alpha value is -3.78. The second kappa shape index (κ2) is 9.38. The molecule has 0 aliphatic carbocycles. The minimum atomic E-state index is -0.172. The minimum absolute atomic E-state index is 0.172. The van der Waals surface area contributed by atoms with Gasteiger partial charge in [-0.05, 0) is 42.0 Å². The number of H-pyrrole nitrogens is 1. The molecule has 0 amide bonds. The molecule has 7 nitrogen and oxygen atoms in total. The van der Waals surface area contributed by atoms with E-state index in [1.807, 2.05) is 65.6 Å². The summed E-state index contributed by atoms with van der Waals surface area (Å²) in [6, 6.07) is 19.3. The van der Waals surface area contributed by atoms with Gasteiger partial charge in [0.15, 0.2) is 16.6 Å². The molecule has 168 valence electrons. The lowest BCUT2D eigenvalue weighted by Gasteiger charge is -2.25. The van der Waals surface area contributed by atoms with Crippen molar-refractivity contribution in [1.82, 2.24) is 15.2 Å². The van der Waals surface area contributed by atoms with Crippen LogP contribution in [-0.4, -0.2) is 28.2 Å². The number of nitrogens with zero attached hydrogens (tertiary/aromatic N) is 1. The second-order valence-corrected chi connectivity index (χ2v) is 8.17. The second-order valence-electron chi connectivity index (χ2n) is 7.79. The Morgan fingerprint density at radius 2 is 1.79 bits per heavy atom. The number of furan rings is 1. The molecule has 0 unspecified atom stereocenters. The fourth-order valence-corrected chi connectivity index (χ4v) is 3.99. The van der Waals surface area contributed by atoms with Gasteiger partial charge in [-0.1, -0.05) is 30.3 Å². The molecule has 3 heterocycles. The van der Waals surface area contributed by atoms with Crippen molar-refractivity contribution in [3.63, 3.8) is 0 Å². The van der Waals surface area contributed by atoms with E-state index in [2.05, 4.69) is 10.3 Å². The van der Waals surface area contributed by atoms with E-state index in [1.165, 1.54) is 0 Å². The van der Waals surface area contributed by atoms with Crippen LogP contribution in [0.3, 0.4) is 0 Å². The SMILES string of the molecule is O=c1[nH]c2cc3c(cc2cc1CN(Cc1ccco1)C(=S)NCc1ccccc1)OCCO3. The summed E-state index contributed by atoms with van der Waals surface area (Å²) in [5, 5.41) is 4.71. The zero-order chi connectivity index (χ0) is 22.6. The Labute approximate surface area is 195 Å². The first-order valence-corrected chi connectivity index (χ1v) is 11.1. The van der Waals surface area contributed by atoms with Gasteiger partial charge >= 0.3 is 0 Å². The lowest BCUT2D eigenvalue weighted by atomic mass is 10.1. The number of fused-ring (bicyclic) bond motifs is 2. The summed E-state index contributed by atoms with van der Waals surface area (Å²) in [6.45, 7) is 2.35. The van der Waals surface area contributed by atoms with Crippen molar-refractivity contribution >= 4 is 28.2 Å². The maximum Gasteiger partial charge on any atom is 0.253 e. The predicted octanol–water partition coefficient (Wildman–Crippen LogP) is 3.97. The molecule has 0 atom stereocenters. The van der Waals surface area contributed by atoms with Crippen LogP contribution in [0.15, 0.2) is 76.1 Å². The van der Waals surface area contributed by atoms with Crippen molar-refractivity contribution in [2.45, 2.75) is 19.6 Å². The number of hydrogen-bond acceptors (Lipinski definition) is 5. The average molecular weight is 462 g/mol. The molecule has 2 aromatic heterocycles. The van der Waals surface area contributed by atoms with E-state index in [4.69, 9.17) is 26.1 Å². The monoisotopic (exact) mass is 461 g/mol. The van der Waals surface area contributed by atoms with E-state index >= 15 is 0 Å². The van der Waals surface area contributed by atoms with E-state index in [-0.39, 0.29) is 5.56 Å². The van der Waals surface area contributed by atoms with Gasteiger partial charge in [-0.2, -0.15) is 0 Å². The summed E-state index contributed by atoms with van der Waals surface area (Å²) in [5.41, 5.74) is 2.24. The van der Waals surface area contributed by atoms with Crippen LogP contribution in [0.25, 0.3) is 10.9 Å². The van der Waals surface area contributed by atoms with Crippen LogP contribution in [0.1, 0.15) is 16.9 Å². The average Bonchev–Trinajstić information content (AvgIpc) is 3.35. The molecule has 33 heavy (non-hydrogen) atoms. The first-order valence-electron chi connectivity index (χ1n) is 10.7. The fraction of sp³-hybridized carbons (Fsp3) is 0.200. The third-order valence-electron chi connectivity index (χ3n) is 5.45. The van der Waals surface area contributed by atoms with Crippen LogP contribution < -0.4 is 20.3 Å². The maximum atomic E-state index is 12.9. The Balaban J connectivity index is 1.40. The number of ether oxygens (including phenoxy) is 2. The van der Waals surface area contributed by atoms with Crippen LogP contribution >= 0.6 is 12.2 Å². The highest BCUT2D eigenvalue weighted by Crippen LogP contribution is 2.33. The smallest absolute Gasteiger partial charge is 0.253 e. The van der Waals surface area contributed by atoms with E-state index in [0.29, 0.717) is 60.5 Å². The van der Waals surface area contributed by atoms with Crippen LogP contribution in [0.2, 0.25) is 0 Å². The molecule has 2 N–H and O–H groups in total. The first-order chi connectivity index (χ1) is 16.2. The van der Waals surface area contributed by atoms with E-state index in [9.17, 15) is 4.79 Å². The lowest BCUT2D eigenvalue weighted by molar-refractivity contribution is 0.172. The van der Waals surface area contributed by atoms with Crippen LogP contribution in [0, 0.1) is 0 Å². The van der Waals surface area contributed by atoms with Gasteiger partial charge in [0.25, 0.3) is 5.56 Å². The standard InChI is InChI=1S/C25H23N3O4S/c29-24-19(11-18-12-22-23(13-21(18)27-24)32-10-9-31-22)15-28(16-20-7-4-8-30-20)25(33)26-14-17-5-2-1-3-6-17/h1-8,11-13H,9-10,14-16H2,(H,26,33)(H,27,29). The molecular formula is C25H23N3O4S. The largest absolute Gasteiger partial charge is 0.486 e. The summed E-state index contributed by atoms with van der Waals surface area (Å²) in [7, 11) is 0. The molecular weight excluding hydrogens is 438 g/mol. The first kappa shape index (κ1) is 21.1. The molecule has 2 aromatic carbocycles. The summed E-state index contributed by atoms with van der Waals surface area (Å²) in [6.07, 6.45) is 1.63. The Kier molecular flexibility index (Phi) is 5.99. The third kappa shape index (κ3) is 4.85. The summed E-state index contributed by atoms with van der Waals surface area (Å²) in [5.74, 6) is 2.08. The summed E-state index contributed by atoms with van der Waals surface area (Å²) >= 11 is 5.69. The van der Waals surface area contributed by atoms with Gasteiger partial charge < -0.3 is 29.1 Å². The molecule has 0 bridgehead atoms. The van der Waals surface area contributed by atoms with Crippen molar-refractivity contribution in [3.8, 4) is 11.5 Å². The molecule has 0 saturated heterocycles. The molecule has 5 rings (SSSR count). The molecule has 0 radical (unpaired) electrons. The number of pyridine rings is 1. The Morgan fingerprint density at radius 3 is 2.55 bits per heavy atom. The number of thiocarbonyl (C=S) groups is 1. The summed E-state index contributed by atoms with van der Waals surface area (Å²) in [4.78, 5) is 17.8. The highest BCUT2D eigenvalue weighted by Gasteiger charge is 2.17. The van der Waals surface area contributed by atoms with Crippen LogP contribution in [0.5, 0.6) is 11.5 Å². The van der Waals surface area contributed by atoms with Crippen LogP contribution in [-0.2, 0) is 19.6 Å². The number of nitrogens with one attached hydrogen (secondary N) is 2. The highest BCUT2D eigenvalue weighted by atomic mass is 32.1. The lowest BCUT2D eigenvalue weighted by Crippen LogP contribution is -2.39. The highest BCUT2D eigenvalue weighted by molar-refractivity contribution is 7.80. The summed E-state index contributed by atoms with van der Waals surface area (Å²) < 4.78 is 16.9.